The van der Waals surface area contributed by atoms with Crippen molar-refractivity contribution in [1.82, 2.24) is 4.90 Å². The zero-order valence-corrected chi connectivity index (χ0v) is 13.0. The molecule has 1 amide bonds. The highest BCUT2D eigenvalue weighted by Gasteiger charge is 2.24. The van der Waals surface area contributed by atoms with Crippen molar-refractivity contribution in [2.75, 3.05) is 0 Å². The average molecular weight is 295 g/mol. The minimum absolute atomic E-state index is 0.0289. The SMILES string of the molecule is CC(C)Cc1cc(C(=O)N2Cc3ccccc3C2)ccc1O. The number of carbonyl (C=O) groups is 1. The topological polar surface area (TPSA) is 40.5 Å². The third kappa shape index (κ3) is 2.84. The summed E-state index contributed by atoms with van der Waals surface area (Å²) in [6.07, 6.45) is 0.771. The second-order valence-electron chi connectivity index (χ2n) is 6.37. The highest BCUT2D eigenvalue weighted by Crippen LogP contribution is 2.26. The van der Waals surface area contributed by atoms with E-state index in [-0.39, 0.29) is 11.7 Å². The molecule has 1 N–H and O–H groups in total. The summed E-state index contributed by atoms with van der Waals surface area (Å²) in [7, 11) is 0. The van der Waals surface area contributed by atoms with Crippen molar-refractivity contribution in [3.63, 3.8) is 0 Å². The number of nitrogens with zero attached hydrogens (tertiary/aromatic N) is 1. The molecule has 1 heterocycles. The Labute approximate surface area is 131 Å². The number of phenolic OH excluding ortho intramolecular Hbond substituents is 1. The van der Waals surface area contributed by atoms with Gasteiger partial charge in [-0.2, -0.15) is 0 Å². The molecule has 0 unspecified atom stereocenters. The molecule has 0 bridgehead atoms. The van der Waals surface area contributed by atoms with Gasteiger partial charge >= 0.3 is 0 Å². The summed E-state index contributed by atoms with van der Waals surface area (Å²) in [5.74, 6) is 0.739. The van der Waals surface area contributed by atoms with Gasteiger partial charge in [0.05, 0.1) is 0 Å². The summed E-state index contributed by atoms with van der Waals surface area (Å²) in [5, 5.41) is 9.95. The summed E-state index contributed by atoms with van der Waals surface area (Å²) in [6, 6.07) is 13.3. The number of aromatic hydroxyl groups is 1. The molecule has 3 nitrogen and oxygen atoms in total. The molecule has 2 aromatic carbocycles. The second-order valence-corrected chi connectivity index (χ2v) is 6.37. The van der Waals surface area contributed by atoms with Crippen molar-refractivity contribution < 1.29 is 9.90 Å². The summed E-state index contributed by atoms with van der Waals surface area (Å²) in [6.45, 7) is 5.53. The molecule has 3 rings (SSSR count). The first-order valence-corrected chi connectivity index (χ1v) is 7.72. The predicted molar refractivity (Wildman–Crippen MR) is 86.7 cm³/mol. The third-order valence-corrected chi connectivity index (χ3v) is 4.08. The summed E-state index contributed by atoms with van der Waals surface area (Å²) < 4.78 is 0. The van der Waals surface area contributed by atoms with E-state index in [1.54, 1.807) is 12.1 Å². The fraction of sp³-hybridized carbons (Fsp3) is 0.316. The van der Waals surface area contributed by atoms with Crippen LogP contribution in [0.15, 0.2) is 42.5 Å². The van der Waals surface area contributed by atoms with E-state index in [1.165, 1.54) is 11.1 Å². The number of benzene rings is 2. The van der Waals surface area contributed by atoms with E-state index in [4.69, 9.17) is 0 Å². The van der Waals surface area contributed by atoms with Crippen LogP contribution in [-0.4, -0.2) is 15.9 Å². The van der Waals surface area contributed by atoms with Crippen LogP contribution in [0.5, 0.6) is 5.75 Å². The van der Waals surface area contributed by atoms with E-state index in [9.17, 15) is 9.90 Å². The van der Waals surface area contributed by atoms with E-state index in [1.807, 2.05) is 23.1 Å². The van der Waals surface area contributed by atoms with Crippen molar-refractivity contribution in [3.05, 3.63) is 64.7 Å². The molecule has 0 saturated carbocycles. The van der Waals surface area contributed by atoms with Crippen LogP contribution in [0.2, 0.25) is 0 Å². The first kappa shape index (κ1) is 14.6. The van der Waals surface area contributed by atoms with Crippen LogP contribution in [0, 0.1) is 5.92 Å². The number of hydrogen-bond acceptors (Lipinski definition) is 2. The standard InChI is InChI=1S/C19H21NO2/c1-13(2)9-17-10-14(7-8-18(17)21)19(22)20-11-15-5-3-4-6-16(15)12-20/h3-8,10,13,21H,9,11-12H2,1-2H3. The Hall–Kier alpha value is -2.29. The van der Waals surface area contributed by atoms with E-state index < -0.39 is 0 Å². The van der Waals surface area contributed by atoms with Crippen molar-refractivity contribution in [1.29, 1.82) is 0 Å². The minimum Gasteiger partial charge on any atom is -0.508 e. The number of fused-ring (bicyclic) bond motifs is 1. The summed E-state index contributed by atoms with van der Waals surface area (Å²) in [4.78, 5) is 14.6. The van der Waals surface area contributed by atoms with E-state index >= 15 is 0 Å². The van der Waals surface area contributed by atoms with Gasteiger partial charge in [-0.1, -0.05) is 38.1 Å². The zero-order valence-electron chi connectivity index (χ0n) is 13.0. The van der Waals surface area contributed by atoms with E-state index in [0.717, 1.165) is 12.0 Å². The largest absolute Gasteiger partial charge is 0.508 e. The summed E-state index contributed by atoms with van der Waals surface area (Å²) in [5.41, 5.74) is 3.94. The zero-order chi connectivity index (χ0) is 15.7. The Morgan fingerprint density at radius 3 is 2.36 bits per heavy atom. The molecular weight excluding hydrogens is 274 g/mol. The van der Waals surface area contributed by atoms with Gasteiger partial charge in [-0.25, -0.2) is 0 Å². The number of hydrogen-bond donors (Lipinski definition) is 1. The average Bonchev–Trinajstić information content (AvgIpc) is 2.92. The van der Waals surface area contributed by atoms with Crippen LogP contribution in [0.1, 0.15) is 40.9 Å². The molecule has 0 radical (unpaired) electrons. The molecule has 3 heteroatoms. The van der Waals surface area contributed by atoms with Crippen molar-refractivity contribution in [2.45, 2.75) is 33.4 Å². The van der Waals surface area contributed by atoms with Crippen molar-refractivity contribution in [3.8, 4) is 5.75 Å². The quantitative estimate of drug-likeness (QED) is 0.937. The number of rotatable bonds is 3. The fourth-order valence-corrected chi connectivity index (χ4v) is 2.98. The molecule has 0 atom stereocenters. The van der Waals surface area contributed by atoms with Gasteiger partial charge in [0.15, 0.2) is 0 Å². The predicted octanol–water partition coefficient (Wildman–Crippen LogP) is 3.75. The van der Waals surface area contributed by atoms with E-state index in [2.05, 4.69) is 26.0 Å². The Bertz CT molecular complexity index is 681. The Morgan fingerprint density at radius 2 is 1.77 bits per heavy atom. The lowest BCUT2D eigenvalue weighted by Gasteiger charge is -2.17. The highest BCUT2D eigenvalue weighted by molar-refractivity contribution is 5.95. The lowest BCUT2D eigenvalue weighted by Crippen LogP contribution is -2.25. The van der Waals surface area contributed by atoms with Gasteiger partial charge in [0.25, 0.3) is 5.91 Å². The molecule has 0 fully saturated rings. The molecule has 22 heavy (non-hydrogen) atoms. The van der Waals surface area contributed by atoms with Gasteiger partial charge in [-0.05, 0) is 47.2 Å². The molecule has 0 aliphatic carbocycles. The maximum Gasteiger partial charge on any atom is 0.254 e. The minimum atomic E-state index is 0.0289. The lowest BCUT2D eigenvalue weighted by molar-refractivity contribution is 0.0751. The Kier molecular flexibility index (Phi) is 3.88. The first-order chi connectivity index (χ1) is 10.5. The van der Waals surface area contributed by atoms with Gasteiger partial charge in [0, 0.05) is 18.7 Å². The molecule has 1 aliphatic heterocycles. The molecule has 114 valence electrons. The van der Waals surface area contributed by atoms with E-state index in [0.29, 0.717) is 24.6 Å². The molecule has 0 aromatic heterocycles. The van der Waals surface area contributed by atoms with Gasteiger partial charge in [-0.3, -0.25) is 4.79 Å². The molecular formula is C19H21NO2. The smallest absolute Gasteiger partial charge is 0.254 e. The second kappa shape index (κ2) is 5.84. The maximum absolute atomic E-state index is 12.7. The highest BCUT2D eigenvalue weighted by atomic mass is 16.3. The van der Waals surface area contributed by atoms with Gasteiger partial charge in [0.2, 0.25) is 0 Å². The van der Waals surface area contributed by atoms with Crippen LogP contribution < -0.4 is 0 Å². The lowest BCUT2D eigenvalue weighted by atomic mass is 9.99. The fourth-order valence-electron chi connectivity index (χ4n) is 2.98. The van der Waals surface area contributed by atoms with Crippen LogP contribution >= 0.6 is 0 Å². The van der Waals surface area contributed by atoms with Crippen LogP contribution in [0.25, 0.3) is 0 Å². The number of amides is 1. The Morgan fingerprint density at radius 1 is 1.14 bits per heavy atom. The van der Waals surface area contributed by atoms with Crippen LogP contribution in [-0.2, 0) is 19.5 Å². The van der Waals surface area contributed by atoms with Crippen LogP contribution in [0.4, 0.5) is 0 Å². The number of phenols is 1. The Balaban J connectivity index is 1.82. The van der Waals surface area contributed by atoms with Gasteiger partial charge in [-0.15, -0.1) is 0 Å². The molecule has 2 aromatic rings. The van der Waals surface area contributed by atoms with Gasteiger partial charge in [0.1, 0.15) is 5.75 Å². The maximum atomic E-state index is 12.7. The summed E-state index contributed by atoms with van der Waals surface area (Å²) >= 11 is 0. The first-order valence-electron chi connectivity index (χ1n) is 7.72. The molecule has 0 saturated heterocycles. The van der Waals surface area contributed by atoms with Gasteiger partial charge < -0.3 is 10.0 Å². The third-order valence-electron chi connectivity index (χ3n) is 4.08. The monoisotopic (exact) mass is 295 g/mol. The number of carbonyl (C=O) groups excluding carboxylic acids is 1. The molecule has 1 aliphatic rings. The normalized spacial score (nSPS) is 13.5. The van der Waals surface area contributed by atoms with Crippen LogP contribution in [0.3, 0.4) is 0 Å². The molecule has 0 spiro atoms. The van der Waals surface area contributed by atoms with Crippen molar-refractivity contribution >= 4 is 5.91 Å². The van der Waals surface area contributed by atoms with Crippen molar-refractivity contribution in [2.24, 2.45) is 5.92 Å².